The Morgan fingerprint density at radius 1 is 1.38 bits per heavy atom. The molecule has 0 saturated heterocycles. The van der Waals surface area contributed by atoms with Crippen molar-refractivity contribution in [2.45, 2.75) is 13.5 Å². The van der Waals surface area contributed by atoms with Gasteiger partial charge in [0.1, 0.15) is 4.88 Å². The van der Waals surface area contributed by atoms with Gasteiger partial charge in [-0.1, -0.05) is 18.2 Å². The first-order valence-electron chi connectivity index (χ1n) is 6.34. The summed E-state index contributed by atoms with van der Waals surface area (Å²) in [5.41, 5.74) is 0.637. The summed E-state index contributed by atoms with van der Waals surface area (Å²) in [6.07, 6.45) is 1.65. The number of carboxylic acid groups (broad SMARTS) is 1. The number of aryl methyl sites for hydroxylation is 1. The Hall–Kier alpha value is -2.47. The highest BCUT2D eigenvalue weighted by Crippen LogP contribution is 2.22. The van der Waals surface area contributed by atoms with E-state index in [1.165, 1.54) is 16.0 Å². The van der Waals surface area contributed by atoms with E-state index in [4.69, 9.17) is 5.11 Å². The van der Waals surface area contributed by atoms with E-state index >= 15 is 0 Å². The fourth-order valence-corrected chi connectivity index (χ4v) is 3.06. The number of fused-ring (bicyclic) bond motifs is 1. The smallest absolute Gasteiger partial charge is 0.345 e. The third-order valence-corrected chi connectivity index (χ3v) is 4.39. The van der Waals surface area contributed by atoms with Crippen LogP contribution in [0.5, 0.6) is 0 Å². The number of nitrogens with zero attached hydrogens (tertiary/aromatic N) is 2. The summed E-state index contributed by atoms with van der Waals surface area (Å²) in [6.45, 7) is 2.12. The van der Waals surface area contributed by atoms with Crippen molar-refractivity contribution >= 4 is 28.1 Å². The van der Waals surface area contributed by atoms with Gasteiger partial charge in [0.05, 0.1) is 18.1 Å². The van der Waals surface area contributed by atoms with Gasteiger partial charge in [-0.3, -0.25) is 4.79 Å². The first kappa shape index (κ1) is 13.5. The molecule has 2 heterocycles. The van der Waals surface area contributed by atoms with Gasteiger partial charge in [-0.05, 0) is 24.6 Å². The topological polar surface area (TPSA) is 72.2 Å². The van der Waals surface area contributed by atoms with Crippen LogP contribution in [-0.2, 0) is 6.54 Å². The molecular weight excluding hydrogens is 288 g/mol. The van der Waals surface area contributed by atoms with Gasteiger partial charge in [0.2, 0.25) is 0 Å². The lowest BCUT2D eigenvalue weighted by atomic mass is 10.2. The lowest BCUT2D eigenvalue weighted by molar-refractivity contribution is 0.0702. The predicted octanol–water partition coefficient (Wildman–Crippen LogP) is 2.51. The molecule has 5 nitrogen and oxygen atoms in total. The van der Waals surface area contributed by atoms with E-state index in [-0.39, 0.29) is 17.0 Å². The second-order valence-electron chi connectivity index (χ2n) is 4.69. The summed E-state index contributed by atoms with van der Waals surface area (Å²) in [4.78, 5) is 24.5. The van der Waals surface area contributed by atoms with Crippen LogP contribution in [0.15, 0.2) is 41.3 Å². The van der Waals surface area contributed by atoms with Gasteiger partial charge < -0.3 is 5.11 Å². The molecule has 1 N–H and O–H groups in total. The Morgan fingerprint density at radius 2 is 2.14 bits per heavy atom. The molecule has 0 unspecified atom stereocenters. The molecule has 1 aromatic carbocycles. The summed E-state index contributed by atoms with van der Waals surface area (Å²) in [5.74, 6) is -0.951. The fraction of sp³-hybridized carbons (Fsp3) is 0.133. The number of carbonyl (C=O) groups is 1. The van der Waals surface area contributed by atoms with Crippen LogP contribution in [0.1, 0.15) is 20.1 Å². The van der Waals surface area contributed by atoms with Crippen LogP contribution >= 0.6 is 11.3 Å². The van der Waals surface area contributed by atoms with Gasteiger partial charge in [-0.25, -0.2) is 9.48 Å². The third-order valence-electron chi connectivity index (χ3n) is 3.31. The van der Waals surface area contributed by atoms with Crippen LogP contribution < -0.4 is 5.56 Å². The number of benzene rings is 1. The van der Waals surface area contributed by atoms with Crippen molar-refractivity contribution in [1.29, 1.82) is 0 Å². The number of aromatic nitrogens is 2. The quantitative estimate of drug-likeness (QED) is 0.806. The highest BCUT2D eigenvalue weighted by Gasteiger charge is 2.12. The second-order valence-corrected chi connectivity index (χ2v) is 5.95. The van der Waals surface area contributed by atoms with Crippen LogP contribution in [0.3, 0.4) is 0 Å². The molecule has 106 valence electrons. The number of aromatic carboxylic acids is 1. The minimum Gasteiger partial charge on any atom is -0.477 e. The maximum absolute atomic E-state index is 12.4. The standard InChI is InChI=1S/C15H12N2O3S/c1-9-11(6-13(21-9)15(19)20)8-17-14(18)12-5-3-2-4-10(12)7-16-17/h2-7H,8H2,1H3,(H,19,20). The zero-order valence-electron chi connectivity index (χ0n) is 11.2. The van der Waals surface area contributed by atoms with E-state index in [1.54, 1.807) is 18.3 Å². The molecule has 21 heavy (non-hydrogen) atoms. The predicted molar refractivity (Wildman–Crippen MR) is 81.1 cm³/mol. The Bertz CT molecular complexity index is 895. The highest BCUT2D eigenvalue weighted by molar-refractivity contribution is 7.14. The Kier molecular flexibility index (Phi) is 3.31. The zero-order valence-corrected chi connectivity index (χ0v) is 12.1. The van der Waals surface area contributed by atoms with Gasteiger partial charge in [0.25, 0.3) is 5.56 Å². The van der Waals surface area contributed by atoms with Crippen LogP contribution in [0.25, 0.3) is 10.8 Å². The van der Waals surface area contributed by atoms with Crippen molar-refractivity contribution in [3.05, 3.63) is 62.2 Å². The van der Waals surface area contributed by atoms with Crippen molar-refractivity contribution < 1.29 is 9.90 Å². The van der Waals surface area contributed by atoms with Gasteiger partial charge in [-0.2, -0.15) is 5.10 Å². The van der Waals surface area contributed by atoms with Crippen LogP contribution in [0.2, 0.25) is 0 Å². The van der Waals surface area contributed by atoms with E-state index < -0.39 is 5.97 Å². The molecule has 0 bridgehead atoms. The highest BCUT2D eigenvalue weighted by atomic mass is 32.1. The molecule has 3 rings (SSSR count). The average molecular weight is 300 g/mol. The SMILES string of the molecule is Cc1sc(C(=O)O)cc1Cn1ncc2ccccc2c1=O. The number of carboxylic acids is 1. The summed E-state index contributed by atoms with van der Waals surface area (Å²) < 4.78 is 1.36. The normalized spacial score (nSPS) is 10.9. The minimum absolute atomic E-state index is 0.171. The molecule has 0 aliphatic rings. The minimum atomic E-state index is -0.951. The molecule has 0 aliphatic carbocycles. The Balaban J connectivity index is 2.04. The largest absolute Gasteiger partial charge is 0.477 e. The maximum Gasteiger partial charge on any atom is 0.345 e. The van der Waals surface area contributed by atoms with Crippen molar-refractivity contribution in [3.8, 4) is 0 Å². The summed E-state index contributed by atoms with van der Waals surface area (Å²) in [7, 11) is 0. The Morgan fingerprint density at radius 3 is 2.86 bits per heavy atom. The van der Waals surface area contributed by atoms with Crippen LogP contribution in [0, 0.1) is 6.92 Å². The molecule has 0 spiro atoms. The molecule has 0 atom stereocenters. The van der Waals surface area contributed by atoms with Crippen LogP contribution in [0.4, 0.5) is 0 Å². The number of hydrogen-bond donors (Lipinski definition) is 1. The lowest BCUT2D eigenvalue weighted by Crippen LogP contribution is -2.23. The molecule has 3 aromatic rings. The molecule has 2 aromatic heterocycles. The number of rotatable bonds is 3. The van der Waals surface area contributed by atoms with E-state index in [2.05, 4.69) is 5.10 Å². The van der Waals surface area contributed by atoms with Crippen molar-refractivity contribution in [2.75, 3.05) is 0 Å². The van der Waals surface area contributed by atoms with Gasteiger partial charge >= 0.3 is 5.97 Å². The summed E-state index contributed by atoms with van der Waals surface area (Å²) in [6, 6.07) is 8.87. The van der Waals surface area contributed by atoms with Crippen molar-refractivity contribution in [2.24, 2.45) is 0 Å². The van der Waals surface area contributed by atoms with E-state index in [0.29, 0.717) is 5.39 Å². The first-order chi connectivity index (χ1) is 10.1. The lowest BCUT2D eigenvalue weighted by Gasteiger charge is -2.05. The first-order valence-corrected chi connectivity index (χ1v) is 7.15. The average Bonchev–Trinajstić information content (AvgIpc) is 2.84. The summed E-state index contributed by atoms with van der Waals surface area (Å²) in [5, 5.41) is 14.6. The second kappa shape index (κ2) is 5.14. The molecule has 0 saturated carbocycles. The van der Waals surface area contributed by atoms with E-state index in [9.17, 15) is 9.59 Å². The third kappa shape index (κ3) is 2.45. The summed E-state index contributed by atoms with van der Waals surface area (Å²) >= 11 is 1.21. The molecule has 0 radical (unpaired) electrons. The van der Waals surface area contributed by atoms with Crippen molar-refractivity contribution in [3.63, 3.8) is 0 Å². The fourth-order valence-electron chi connectivity index (χ4n) is 2.18. The van der Waals surface area contributed by atoms with E-state index in [1.807, 2.05) is 25.1 Å². The number of thiophene rings is 1. The van der Waals surface area contributed by atoms with Gasteiger partial charge in [0, 0.05) is 10.3 Å². The molecule has 0 amide bonds. The molecule has 6 heteroatoms. The molecular formula is C15H12N2O3S. The zero-order chi connectivity index (χ0) is 15.0. The monoisotopic (exact) mass is 300 g/mol. The van der Waals surface area contributed by atoms with Gasteiger partial charge in [-0.15, -0.1) is 11.3 Å². The van der Waals surface area contributed by atoms with Gasteiger partial charge in [0.15, 0.2) is 0 Å². The number of hydrogen-bond acceptors (Lipinski definition) is 4. The van der Waals surface area contributed by atoms with Crippen molar-refractivity contribution in [1.82, 2.24) is 9.78 Å². The molecule has 0 fully saturated rings. The maximum atomic E-state index is 12.4. The van der Waals surface area contributed by atoms with E-state index in [0.717, 1.165) is 15.8 Å². The Labute approximate surface area is 124 Å². The molecule has 0 aliphatic heterocycles. The van der Waals surface area contributed by atoms with Crippen LogP contribution in [-0.4, -0.2) is 20.9 Å².